The Morgan fingerprint density at radius 1 is 1.31 bits per heavy atom. The van der Waals surface area contributed by atoms with Crippen LogP contribution >= 0.6 is 0 Å². The highest BCUT2D eigenvalue weighted by molar-refractivity contribution is 5.42. The van der Waals surface area contributed by atoms with Gasteiger partial charge in [-0.05, 0) is 13.0 Å². The van der Waals surface area contributed by atoms with Gasteiger partial charge >= 0.3 is 0 Å². The van der Waals surface area contributed by atoms with Crippen LogP contribution in [0.2, 0.25) is 0 Å². The molecular formula is C12H15F2NO. The summed E-state index contributed by atoms with van der Waals surface area (Å²) in [5.74, 6) is -0.796. The fourth-order valence-electron chi connectivity index (χ4n) is 2.15. The topological polar surface area (TPSA) is 21.3 Å². The molecule has 2 unspecified atom stereocenters. The van der Waals surface area contributed by atoms with E-state index in [-0.39, 0.29) is 12.1 Å². The van der Waals surface area contributed by atoms with Crippen molar-refractivity contribution in [3.05, 3.63) is 29.3 Å². The summed E-state index contributed by atoms with van der Waals surface area (Å²) in [5.41, 5.74) is 0.454. The van der Waals surface area contributed by atoms with Crippen LogP contribution in [0.4, 0.5) is 8.78 Å². The Hall–Kier alpha value is -1.16. The van der Waals surface area contributed by atoms with E-state index in [1.54, 1.807) is 0 Å². The van der Waals surface area contributed by atoms with E-state index in [1.807, 2.05) is 13.8 Å². The Labute approximate surface area is 93.6 Å². The highest BCUT2D eigenvalue weighted by atomic mass is 19.1. The predicted octanol–water partition coefficient (Wildman–Crippen LogP) is 2.79. The molecule has 0 amide bonds. The molecule has 0 fully saturated rings. The predicted molar refractivity (Wildman–Crippen MR) is 57.5 cm³/mol. The number of nitrogens with one attached hydrogen (secondary N) is 1. The van der Waals surface area contributed by atoms with E-state index in [4.69, 9.17) is 4.74 Å². The molecule has 1 aromatic rings. The largest absolute Gasteiger partial charge is 0.488 e. The molecule has 0 aliphatic carbocycles. The first-order chi connectivity index (χ1) is 7.67. The van der Waals surface area contributed by atoms with Gasteiger partial charge in [-0.1, -0.05) is 13.8 Å². The van der Waals surface area contributed by atoms with E-state index in [0.29, 0.717) is 11.3 Å². The van der Waals surface area contributed by atoms with Crippen LogP contribution in [0.25, 0.3) is 0 Å². The summed E-state index contributed by atoms with van der Waals surface area (Å²) in [4.78, 5) is 0. The lowest BCUT2D eigenvalue weighted by molar-refractivity contribution is 0.185. The van der Waals surface area contributed by atoms with Crippen LogP contribution in [0, 0.1) is 11.6 Å². The van der Waals surface area contributed by atoms with Crippen molar-refractivity contribution in [2.45, 2.75) is 32.4 Å². The van der Waals surface area contributed by atoms with Gasteiger partial charge in [0.2, 0.25) is 0 Å². The molecule has 0 bridgehead atoms. The van der Waals surface area contributed by atoms with Crippen molar-refractivity contribution >= 4 is 0 Å². The second-order valence-corrected chi connectivity index (χ2v) is 3.90. The first-order valence-corrected chi connectivity index (χ1v) is 5.56. The Balaban J connectivity index is 2.41. The maximum atomic E-state index is 13.7. The second kappa shape index (κ2) is 4.37. The molecule has 1 aromatic carbocycles. The molecule has 16 heavy (non-hydrogen) atoms. The van der Waals surface area contributed by atoms with Crippen LogP contribution < -0.4 is 10.1 Å². The number of benzene rings is 1. The SMILES string of the molecule is CCNC1c2c(F)cc(F)cc2OC1CC. The van der Waals surface area contributed by atoms with Crippen LogP contribution in [0.3, 0.4) is 0 Å². The van der Waals surface area contributed by atoms with Crippen molar-refractivity contribution in [2.75, 3.05) is 6.54 Å². The minimum atomic E-state index is -0.594. The summed E-state index contributed by atoms with van der Waals surface area (Å²) in [6.07, 6.45) is 0.638. The highest BCUT2D eigenvalue weighted by Crippen LogP contribution is 2.39. The summed E-state index contributed by atoms with van der Waals surface area (Å²) >= 11 is 0. The van der Waals surface area contributed by atoms with Gasteiger partial charge in [-0.2, -0.15) is 0 Å². The summed E-state index contributed by atoms with van der Waals surface area (Å²) in [5, 5.41) is 3.17. The van der Waals surface area contributed by atoms with E-state index >= 15 is 0 Å². The number of fused-ring (bicyclic) bond motifs is 1. The summed E-state index contributed by atoms with van der Waals surface area (Å²) < 4.78 is 32.2. The zero-order chi connectivity index (χ0) is 11.7. The molecule has 2 rings (SSSR count). The third kappa shape index (κ3) is 1.78. The molecule has 4 heteroatoms. The van der Waals surface area contributed by atoms with Crippen molar-refractivity contribution in [1.82, 2.24) is 5.32 Å². The van der Waals surface area contributed by atoms with Gasteiger partial charge in [0, 0.05) is 12.1 Å². The number of hydrogen-bond donors (Lipinski definition) is 1. The van der Waals surface area contributed by atoms with Crippen LogP contribution in [0.5, 0.6) is 5.75 Å². The minimum absolute atomic E-state index is 0.119. The van der Waals surface area contributed by atoms with Crippen molar-refractivity contribution in [3.63, 3.8) is 0 Å². The Bertz CT molecular complexity index is 395. The molecule has 1 heterocycles. The smallest absolute Gasteiger partial charge is 0.134 e. The first-order valence-electron chi connectivity index (χ1n) is 5.56. The fraction of sp³-hybridized carbons (Fsp3) is 0.500. The molecule has 2 nitrogen and oxygen atoms in total. The molecule has 1 aliphatic heterocycles. The first kappa shape index (κ1) is 11.3. The van der Waals surface area contributed by atoms with Crippen molar-refractivity contribution < 1.29 is 13.5 Å². The molecule has 88 valence electrons. The maximum Gasteiger partial charge on any atom is 0.134 e. The monoisotopic (exact) mass is 227 g/mol. The number of rotatable bonds is 3. The van der Waals surface area contributed by atoms with Gasteiger partial charge < -0.3 is 10.1 Å². The van der Waals surface area contributed by atoms with Gasteiger partial charge in [0.15, 0.2) is 0 Å². The number of likely N-dealkylation sites (N-methyl/N-ethyl adjacent to an activating group) is 1. The minimum Gasteiger partial charge on any atom is -0.488 e. The average Bonchev–Trinajstić information content (AvgIpc) is 2.57. The lowest BCUT2D eigenvalue weighted by atomic mass is 10.0. The van der Waals surface area contributed by atoms with Crippen molar-refractivity contribution in [1.29, 1.82) is 0 Å². The normalized spacial score (nSPS) is 23.0. The number of ether oxygens (including phenoxy) is 1. The van der Waals surface area contributed by atoms with Gasteiger partial charge in [-0.3, -0.25) is 0 Å². The van der Waals surface area contributed by atoms with Gasteiger partial charge in [-0.25, -0.2) is 8.78 Å². The van der Waals surface area contributed by atoms with Gasteiger partial charge in [0.25, 0.3) is 0 Å². The molecule has 0 spiro atoms. The third-order valence-electron chi connectivity index (χ3n) is 2.84. The Morgan fingerprint density at radius 2 is 2.06 bits per heavy atom. The van der Waals surface area contributed by atoms with E-state index < -0.39 is 11.6 Å². The Kier molecular flexibility index (Phi) is 3.10. The zero-order valence-corrected chi connectivity index (χ0v) is 9.39. The average molecular weight is 227 g/mol. The number of hydrogen-bond acceptors (Lipinski definition) is 2. The van der Waals surface area contributed by atoms with Crippen molar-refractivity contribution in [2.24, 2.45) is 0 Å². The van der Waals surface area contributed by atoms with Crippen LogP contribution in [0.1, 0.15) is 31.9 Å². The summed E-state index contributed by atoms with van der Waals surface area (Å²) in [7, 11) is 0. The maximum absolute atomic E-state index is 13.7. The molecule has 0 aromatic heterocycles. The fourth-order valence-corrected chi connectivity index (χ4v) is 2.15. The summed E-state index contributed by atoms with van der Waals surface area (Å²) in [6.45, 7) is 4.64. The van der Waals surface area contributed by atoms with Crippen molar-refractivity contribution in [3.8, 4) is 5.75 Å². The molecule has 1 aliphatic rings. The lowest BCUT2D eigenvalue weighted by Gasteiger charge is -2.18. The quantitative estimate of drug-likeness (QED) is 0.857. The van der Waals surface area contributed by atoms with Gasteiger partial charge in [0.05, 0.1) is 11.6 Å². The standard InChI is InChI=1S/C12H15F2NO/c1-3-9-12(15-4-2)11-8(14)5-7(13)6-10(11)16-9/h5-6,9,12,15H,3-4H2,1-2H3. The van der Waals surface area contributed by atoms with E-state index in [9.17, 15) is 8.78 Å². The van der Waals surface area contributed by atoms with Gasteiger partial charge in [-0.15, -0.1) is 0 Å². The Morgan fingerprint density at radius 3 is 2.69 bits per heavy atom. The summed E-state index contributed by atoms with van der Waals surface area (Å²) in [6, 6.07) is 1.98. The molecule has 1 N–H and O–H groups in total. The molecule has 0 saturated carbocycles. The zero-order valence-electron chi connectivity index (χ0n) is 9.39. The molecular weight excluding hydrogens is 212 g/mol. The van der Waals surface area contributed by atoms with E-state index in [1.165, 1.54) is 6.07 Å². The molecule has 2 atom stereocenters. The lowest BCUT2D eigenvalue weighted by Crippen LogP contribution is -2.30. The molecule has 0 saturated heterocycles. The van der Waals surface area contributed by atoms with Crippen LogP contribution in [0.15, 0.2) is 12.1 Å². The van der Waals surface area contributed by atoms with Crippen LogP contribution in [-0.2, 0) is 0 Å². The van der Waals surface area contributed by atoms with E-state index in [2.05, 4.69) is 5.32 Å². The second-order valence-electron chi connectivity index (χ2n) is 3.90. The molecule has 0 radical (unpaired) electrons. The van der Waals surface area contributed by atoms with Gasteiger partial charge in [0.1, 0.15) is 23.5 Å². The van der Waals surface area contributed by atoms with E-state index in [0.717, 1.165) is 19.0 Å². The highest BCUT2D eigenvalue weighted by Gasteiger charge is 2.35. The van der Waals surface area contributed by atoms with Crippen LogP contribution in [-0.4, -0.2) is 12.6 Å². The third-order valence-corrected chi connectivity index (χ3v) is 2.84. The number of halogens is 2.